The first-order valence-electron chi connectivity index (χ1n) is 7.03. The molecule has 23 heavy (non-hydrogen) atoms. The number of hydrogen-bond donors (Lipinski definition) is 0. The topological polar surface area (TPSA) is 27.1 Å². The fourth-order valence-corrected chi connectivity index (χ4v) is 2.47. The van der Waals surface area contributed by atoms with E-state index in [1.807, 2.05) is 53.4 Å². The van der Waals surface area contributed by atoms with Crippen LogP contribution in [0.15, 0.2) is 61.2 Å². The molecule has 0 fully saturated rings. The average Bonchev–Trinajstić information content (AvgIpc) is 3.07. The minimum atomic E-state index is 0.403. The number of aromatic nitrogens is 2. The third-order valence-electron chi connectivity index (χ3n) is 3.25. The van der Waals surface area contributed by atoms with E-state index in [4.69, 9.17) is 27.9 Å². The number of hydrogen-bond acceptors (Lipinski definition) is 2. The first-order chi connectivity index (χ1) is 11.2. The number of imidazole rings is 1. The zero-order chi connectivity index (χ0) is 16.1. The molecular formula is C18H14Cl2N2O. The predicted molar refractivity (Wildman–Crippen MR) is 94.7 cm³/mol. The van der Waals surface area contributed by atoms with Gasteiger partial charge in [-0.15, -0.1) is 0 Å². The second kappa shape index (κ2) is 7.36. The highest BCUT2D eigenvalue weighted by Gasteiger charge is 2.02. The minimum absolute atomic E-state index is 0.403. The van der Waals surface area contributed by atoms with Crippen LogP contribution in [0.5, 0.6) is 5.75 Å². The highest BCUT2D eigenvalue weighted by atomic mass is 35.5. The van der Waals surface area contributed by atoms with Crippen LogP contribution in [0.25, 0.3) is 12.3 Å². The largest absolute Gasteiger partial charge is 0.489 e. The number of benzene rings is 2. The highest BCUT2D eigenvalue weighted by molar-refractivity contribution is 6.35. The first-order valence-corrected chi connectivity index (χ1v) is 7.79. The van der Waals surface area contributed by atoms with E-state index >= 15 is 0 Å². The molecule has 0 aliphatic heterocycles. The van der Waals surface area contributed by atoms with Crippen molar-refractivity contribution in [1.82, 2.24) is 9.55 Å². The molecular weight excluding hydrogens is 331 g/mol. The molecule has 0 atom stereocenters. The van der Waals surface area contributed by atoms with Crippen molar-refractivity contribution in [3.8, 4) is 5.75 Å². The lowest BCUT2D eigenvalue weighted by molar-refractivity contribution is 0.306. The standard InChI is InChI=1S/C18H14Cl2N2O/c19-16-4-3-15(18(20)11-16)12-23-17-5-1-14(2-6-17)7-9-22-10-8-21-13-22/h1-11,13H,12H2. The lowest BCUT2D eigenvalue weighted by Crippen LogP contribution is -1.96. The second-order valence-corrected chi connectivity index (χ2v) is 5.76. The molecule has 0 radical (unpaired) electrons. The van der Waals surface area contributed by atoms with Crippen LogP contribution in [0.3, 0.4) is 0 Å². The summed E-state index contributed by atoms with van der Waals surface area (Å²) in [4.78, 5) is 3.99. The second-order valence-electron chi connectivity index (χ2n) is 4.92. The molecule has 0 aliphatic rings. The molecule has 3 rings (SSSR count). The third kappa shape index (κ3) is 4.38. The summed E-state index contributed by atoms with van der Waals surface area (Å²) in [5.41, 5.74) is 1.98. The predicted octanol–water partition coefficient (Wildman–Crippen LogP) is 5.40. The Bertz CT molecular complexity index is 796. The summed E-state index contributed by atoms with van der Waals surface area (Å²) in [6, 6.07) is 13.2. The fourth-order valence-electron chi connectivity index (χ4n) is 2.00. The van der Waals surface area contributed by atoms with E-state index in [0.29, 0.717) is 16.7 Å². The summed E-state index contributed by atoms with van der Waals surface area (Å²) in [6.45, 7) is 0.403. The zero-order valence-electron chi connectivity index (χ0n) is 12.2. The van der Waals surface area contributed by atoms with E-state index < -0.39 is 0 Å². The Morgan fingerprint density at radius 1 is 1.09 bits per heavy atom. The molecule has 0 saturated heterocycles. The maximum Gasteiger partial charge on any atom is 0.119 e. The number of rotatable bonds is 5. The van der Waals surface area contributed by atoms with Gasteiger partial charge in [-0.2, -0.15) is 0 Å². The summed E-state index contributed by atoms with van der Waals surface area (Å²) < 4.78 is 7.63. The van der Waals surface area contributed by atoms with Crippen molar-refractivity contribution in [2.45, 2.75) is 6.61 Å². The van der Waals surface area contributed by atoms with Crippen LogP contribution in [0.2, 0.25) is 10.0 Å². The molecule has 3 nitrogen and oxygen atoms in total. The lowest BCUT2D eigenvalue weighted by Gasteiger charge is -2.08. The van der Waals surface area contributed by atoms with Gasteiger partial charge in [-0.3, -0.25) is 0 Å². The molecule has 1 aromatic heterocycles. The minimum Gasteiger partial charge on any atom is -0.489 e. The molecule has 0 N–H and O–H groups in total. The Hall–Kier alpha value is -2.23. The SMILES string of the molecule is Clc1ccc(COc2ccc(C=Cn3ccnc3)cc2)c(Cl)c1. The molecule has 1 heterocycles. The van der Waals surface area contributed by atoms with E-state index in [0.717, 1.165) is 16.9 Å². The van der Waals surface area contributed by atoms with Crippen molar-refractivity contribution in [2.75, 3.05) is 0 Å². The van der Waals surface area contributed by atoms with Crippen LogP contribution in [-0.2, 0) is 6.61 Å². The van der Waals surface area contributed by atoms with Gasteiger partial charge in [-0.05, 0) is 35.9 Å². The van der Waals surface area contributed by atoms with Crippen molar-refractivity contribution >= 4 is 35.5 Å². The van der Waals surface area contributed by atoms with Gasteiger partial charge in [0.15, 0.2) is 0 Å². The van der Waals surface area contributed by atoms with Crippen molar-refractivity contribution in [1.29, 1.82) is 0 Å². The molecule has 0 spiro atoms. The van der Waals surface area contributed by atoms with Gasteiger partial charge in [0.05, 0.1) is 6.33 Å². The van der Waals surface area contributed by atoms with Crippen molar-refractivity contribution in [2.24, 2.45) is 0 Å². The molecule has 0 amide bonds. The van der Waals surface area contributed by atoms with E-state index in [1.165, 1.54) is 0 Å². The Morgan fingerprint density at radius 2 is 1.91 bits per heavy atom. The van der Waals surface area contributed by atoms with Crippen LogP contribution in [0.4, 0.5) is 0 Å². The molecule has 116 valence electrons. The van der Waals surface area contributed by atoms with Gasteiger partial charge in [0.25, 0.3) is 0 Å². The Morgan fingerprint density at radius 3 is 2.61 bits per heavy atom. The van der Waals surface area contributed by atoms with Gasteiger partial charge in [0.1, 0.15) is 12.4 Å². The quantitative estimate of drug-likeness (QED) is 0.619. The number of ether oxygens (including phenoxy) is 1. The van der Waals surface area contributed by atoms with Gasteiger partial charge in [-0.1, -0.05) is 41.4 Å². The fraction of sp³-hybridized carbons (Fsp3) is 0.0556. The summed E-state index contributed by atoms with van der Waals surface area (Å²) in [7, 11) is 0. The van der Waals surface area contributed by atoms with E-state index in [2.05, 4.69) is 4.98 Å². The molecule has 0 aliphatic carbocycles. The van der Waals surface area contributed by atoms with Crippen molar-refractivity contribution in [3.05, 3.63) is 82.4 Å². The summed E-state index contributed by atoms with van der Waals surface area (Å²) in [6.07, 6.45) is 9.30. The van der Waals surface area contributed by atoms with Gasteiger partial charge < -0.3 is 9.30 Å². The molecule has 0 unspecified atom stereocenters. The normalized spacial score (nSPS) is 11.0. The molecule has 0 saturated carbocycles. The molecule has 3 aromatic rings. The lowest BCUT2D eigenvalue weighted by atomic mass is 10.2. The number of nitrogens with zero attached hydrogens (tertiary/aromatic N) is 2. The molecule has 2 aromatic carbocycles. The summed E-state index contributed by atoms with van der Waals surface area (Å²) >= 11 is 12.0. The van der Waals surface area contributed by atoms with Gasteiger partial charge in [0.2, 0.25) is 0 Å². The van der Waals surface area contributed by atoms with E-state index in [-0.39, 0.29) is 0 Å². The maximum atomic E-state index is 6.13. The highest BCUT2D eigenvalue weighted by Crippen LogP contribution is 2.23. The van der Waals surface area contributed by atoms with Gasteiger partial charge >= 0.3 is 0 Å². The van der Waals surface area contributed by atoms with E-state index in [1.54, 1.807) is 24.7 Å². The maximum absolute atomic E-state index is 6.13. The zero-order valence-corrected chi connectivity index (χ0v) is 13.7. The van der Waals surface area contributed by atoms with Crippen LogP contribution < -0.4 is 4.74 Å². The van der Waals surface area contributed by atoms with Crippen LogP contribution in [0, 0.1) is 0 Å². The Balaban J connectivity index is 1.61. The summed E-state index contributed by atoms with van der Waals surface area (Å²) in [5.74, 6) is 0.788. The van der Waals surface area contributed by atoms with Crippen LogP contribution in [-0.4, -0.2) is 9.55 Å². The molecule has 5 heteroatoms. The third-order valence-corrected chi connectivity index (χ3v) is 3.84. The smallest absolute Gasteiger partial charge is 0.119 e. The van der Waals surface area contributed by atoms with E-state index in [9.17, 15) is 0 Å². The summed E-state index contributed by atoms with van der Waals surface area (Å²) in [5, 5.41) is 1.23. The van der Waals surface area contributed by atoms with Crippen LogP contribution in [0.1, 0.15) is 11.1 Å². The van der Waals surface area contributed by atoms with Gasteiger partial charge in [-0.25, -0.2) is 4.98 Å². The Kier molecular flexibility index (Phi) is 5.01. The van der Waals surface area contributed by atoms with Crippen molar-refractivity contribution < 1.29 is 4.74 Å². The average molecular weight is 345 g/mol. The van der Waals surface area contributed by atoms with Crippen LogP contribution >= 0.6 is 23.2 Å². The monoisotopic (exact) mass is 344 g/mol. The Labute approximate surface area is 144 Å². The number of halogens is 2. The molecule has 0 bridgehead atoms. The first kappa shape index (κ1) is 15.7. The van der Waals surface area contributed by atoms with Gasteiger partial charge in [0, 0.05) is 34.2 Å². The van der Waals surface area contributed by atoms with Crippen molar-refractivity contribution in [3.63, 3.8) is 0 Å².